The molecule has 0 radical (unpaired) electrons. The highest BCUT2D eigenvalue weighted by Gasteiger charge is 2.09. The van der Waals surface area contributed by atoms with Gasteiger partial charge in [0.05, 0.1) is 0 Å². The maximum Gasteiger partial charge on any atom is 0.336 e. The molecule has 0 saturated heterocycles. The second-order valence-electron chi connectivity index (χ2n) is 6.15. The fourth-order valence-corrected chi connectivity index (χ4v) is 3.20. The summed E-state index contributed by atoms with van der Waals surface area (Å²) in [5, 5.41) is 0.865. The molecule has 1 aromatic heterocycles. The highest BCUT2D eigenvalue weighted by molar-refractivity contribution is 9.10. The fraction of sp³-hybridized carbons (Fsp3) is 0.0870. The monoisotopic (exact) mass is 436 g/mol. The zero-order chi connectivity index (χ0) is 19.3. The first-order valence-corrected chi connectivity index (χ1v) is 9.63. The first-order chi connectivity index (χ1) is 13.7. The Morgan fingerprint density at radius 2 is 1.46 bits per heavy atom. The number of halogens is 1. The zero-order valence-corrected chi connectivity index (χ0v) is 16.5. The summed E-state index contributed by atoms with van der Waals surface area (Å²) in [6.45, 7) is 0.790. The minimum absolute atomic E-state index is 0.379. The lowest BCUT2D eigenvalue weighted by molar-refractivity contribution is 0.217. The van der Waals surface area contributed by atoms with Crippen LogP contribution < -0.4 is 15.1 Å². The van der Waals surface area contributed by atoms with Crippen LogP contribution in [0.2, 0.25) is 0 Å². The molecule has 0 aliphatic carbocycles. The number of fused-ring (bicyclic) bond motifs is 1. The van der Waals surface area contributed by atoms with E-state index >= 15 is 0 Å². The van der Waals surface area contributed by atoms with Crippen LogP contribution in [0.1, 0.15) is 0 Å². The summed E-state index contributed by atoms with van der Waals surface area (Å²) in [5.41, 5.74) is 1.92. The van der Waals surface area contributed by atoms with E-state index in [2.05, 4.69) is 15.9 Å². The molecule has 0 aliphatic rings. The van der Waals surface area contributed by atoms with Crippen molar-refractivity contribution in [3.05, 3.63) is 93.8 Å². The Kier molecular flexibility index (Phi) is 5.44. The van der Waals surface area contributed by atoms with Gasteiger partial charge in [0.15, 0.2) is 0 Å². The molecule has 1 heterocycles. The van der Waals surface area contributed by atoms with E-state index in [0.717, 1.165) is 26.7 Å². The van der Waals surface area contributed by atoms with Gasteiger partial charge < -0.3 is 13.9 Å². The SMILES string of the molecule is O=c1cc(-c2ccccc2)c2ccc(OCCOc3ccc(Br)cc3)cc2o1. The summed E-state index contributed by atoms with van der Waals surface area (Å²) in [5.74, 6) is 1.41. The largest absolute Gasteiger partial charge is 0.490 e. The van der Waals surface area contributed by atoms with Crippen molar-refractivity contribution in [2.24, 2.45) is 0 Å². The normalized spacial score (nSPS) is 10.8. The molecule has 0 atom stereocenters. The smallest absolute Gasteiger partial charge is 0.336 e. The van der Waals surface area contributed by atoms with Gasteiger partial charge in [-0.05, 0) is 47.5 Å². The van der Waals surface area contributed by atoms with Gasteiger partial charge >= 0.3 is 5.63 Å². The van der Waals surface area contributed by atoms with Crippen LogP contribution in [0.3, 0.4) is 0 Å². The standard InChI is InChI=1S/C23H17BrO4/c24-17-6-8-18(9-7-17)26-12-13-27-19-10-11-20-21(16-4-2-1-3-5-16)15-23(25)28-22(20)14-19/h1-11,14-15H,12-13H2. The van der Waals surface area contributed by atoms with Crippen molar-refractivity contribution in [2.75, 3.05) is 13.2 Å². The van der Waals surface area contributed by atoms with Gasteiger partial charge in [-0.25, -0.2) is 4.79 Å². The van der Waals surface area contributed by atoms with Crippen LogP contribution in [0, 0.1) is 0 Å². The summed E-state index contributed by atoms with van der Waals surface area (Å²) in [4.78, 5) is 12.0. The van der Waals surface area contributed by atoms with Crippen molar-refractivity contribution in [1.29, 1.82) is 0 Å². The van der Waals surface area contributed by atoms with Gasteiger partial charge in [-0.2, -0.15) is 0 Å². The molecular weight excluding hydrogens is 420 g/mol. The van der Waals surface area contributed by atoms with Crippen LogP contribution in [0.4, 0.5) is 0 Å². The maximum atomic E-state index is 12.0. The van der Waals surface area contributed by atoms with E-state index in [-0.39, 0.29) is 5.63 Å². The van der Waals surface area contributed by atoms with Gasteiger partial charge in [0, 0.05) is 22.0 Å². The third-order valence-electron chi connectivity index (χ3n) is 4.24. The predicted molar refractivity (Wildman–Crippen MR) is 113 cm³/mol. The van der Waals surface area contributed by atoms with Crippen molar-refractivity contribution < 1.29 is 13.9 Å². The second kappa shape index (κ2) is 8.31. The Morgan fingerprint density at radius 3 is 2.21 bits per heavy atom. The summed E-state index contributed by atoms with van der Waals surface area (Å²) < 4.78 is 17.8. The van der Waals surface area contributed by atoms with E-state index < -0.39 is 0 Å². The van der Waals surface area contributed by atoms with Gasteiger partial charge in [0.1, 0.15) is 30.3 Å². The summed E-state index contributed by atoms with van der Waals surface area (Å²) in [7, 11) is 0. The van der Waals surface area contributed by atoms with Crippen LogP contribution in [0.25, 0.3) is 22.1 Å². The molecule has 0 aliphatic heterocycles. The molecule has 0 spiro atoms. The molecule has 4 aromatic rings. The Hall–Kier alpha value is -3.05. The molecule has 4 nitrogen and oxygen atoms in total. The molecule has 5 heteroatoms. The van der Waals surface area contributed by atoms with Crippen molar-refractivity contribution in [2.45, 2.75) is 0 Å². The molecular formula is C23H17BrO4. The lowest BCUT2D eigenvalue weighted by Gasteiger charge is -2.10. The Balaban J connectivity index is 1.48. The Morgan fingerprint density at radius 1 is 0.786 bits per heavy atom. The van der Waals surface area contributed by atoms with Crippen LogP contribution in [0.15, 0.2) is 92.5 Å². The number of hydrogen-bond donors (Lipinski definition) is 0. The van der Waals surface area contributed by atoms with Gasteiger partial charge in [-0.3, -0.25) is 0 Å². The number of hydrogen-bond acceptors (Lipinski definition) is 4. The lowest BCUT2D eigenvalue weighted by Crippen LogP contribution is -2.09. The molecule has 0 N–H and O–H groups in total. The number of rotatable bonds is 6. The van der Waals surface area contributed by atoms with E-state index in [1.165, 1.54) is 6.07 Å². The highest BCUT2D eigenvalue weighted by atomic mass is 79.9. The second-order valence-corrected chi connectivity index (χ2v) is 7.07. The van der Waals surface area contributed by atoms with Crippen LogP contribution in [0.5, 0.6) is 11.5 Å². The predicted octanol–water partition coefficient (Wildman–Crippen LogP) is 5.68. The Bertz CT molecular complexity index is 1130. The third kappa shape index (κ3) is 4.26. The zero-order valence-electron chi connectivity index (χ0n) is 14.9. The van der Waals surface area contributed by atoms with E-state index in [9.17, 15) is 4.79 Å². The van der Waals surface area contributed by atoms with Gasteiger partial charge in [-0.1, -0.05) is 46.3 Å². The molecule has 28 heavy (non-hydrogen) atoms. The van der Waals surface area contributed by atoms with E-state index in [0.29, 0.717) is 24.5 Å². The maximum absolute atomic E-state index is 12.0. The van der Waals surface area contributed by atoms with Crippen LogP contribution >= 0.6 is 15.9 Å². The van der Waals surface area contributed by atoms with Gasteiger partial charge in [0.25, 0.3) is 0 Å². The van der Waals surface area contributed by atoms with Crippen molar-refractivity contribution in [1.82, 2.24) is 0 Å². The van der Waals surface area contributed by atoms with Gasteiger partial charge in [-0.15, -0.1) is 0 Å². The molecule has 0 unspecified atom stereocenters. The molecule has 140 valence electrons. The average molecular weight is 437 g/mol. The van der Waals surface area contributed by atoms with Crippen LogP contribution in [-0.4, -0.2) is 13.2 Å². The van der Waals surface area contributed by atoms with Crippen LogP contribution in [-0.2, 0) is 0 Å². The summed E-state index contributed by atoms with van der Waals surface area (Å²) in [6.07, 6.45) is 0. The third-order valence-corrected chi connectivity index (χ3v) is 4.76. The minimum Gasteiger partial charge on any atom is -0.490 e. The highest BCUT2D eigenvalue weighted by Crippen LogP contribution is 2.29. The molecule has 4 rings (SSSR count). The van der Waals surface area contributed by atoms with Crippen molar-refractivity contribution in [3.63, 3.8) is 0 Å². The van der Waals surface area contributed by atoms with Crippen molar-refractivity contribution >= 4 is 26.9 Å². The van der Waals surface area contributed by atoms with E-state index in [1.807, 2.05) is 66.7 Å². The summed E-state index contributed by atoms with van der Waals surface area (Å²) >= 11 is 3.39. The van der Waals surface area contributed by atoms with Gasteiger partial charge in [0.2, 0.25) is 0 Å². The Labute approximate surface area is 170 Å². The minimum atomic E-state index is -0.387. The van der Waals surface area contributed by atoms with E-state index in [4.69, 9.17) is 13.9 Å². The average Bonchev–Trinajstić information content (AvgIpc) is 2.72. The first kappa shape index (κ1) is 18.3. The summed E-state index contributed by atoms with van der Waals surface area (Å²) in [6, 6.07) is 24.4. The fourth-order valence-electron chi connectivity index (χ4n) is 2.94. The number of ether oxygens (including phenoxy) is 2. The first-order valence-electron chi connectivity index (χ1n) is 8.83. The van der Waals surface area contributed by atoms with E-state index in [1.54, 1.807) is 6.07 Å². The lowest BCUT2D eigenvalue weighted by atomic mass is 10.0. The molecule has 3 aromatic carbocycles. The molecule has 0 fully saturated rings. The van der Waals surface area contributed by atoms with Crippen molar-refractivity contribution in [3.8, 4) is 22.6 Å². The quantitative estimate of drug-likeness (QED) is 0.288. The molecule has 0 amide bonds. The number of benzene rings is 3. The topological polar surface area (TPSA) is 48.7 Å². The molecule has 0 bridgehead atoms. The molecule has 0 saturated carbocycles.